The van der Waals surface area contributed by atoms with E-state index in [9.17, 15) is 22.0 Å². The Balaban J connectivity index is 2.97. The molecule has 0 aliphatic heterocycles. The second-order valence-electron chi connectivity index (χ2n) is 2.86. The van der Waals surface area contributed by atoms with Crippen molar-refractivity contribution in [3.63, 3.8) is 0 Å². The van der Waals surface area contributed by atoms with Gasteiger partial charge in [0, 0.05) is 13.1 Å². The summed E-state index contributed by atoms with van der Waals surface area (Å²) in [5.41, 5.74) is -1.26. The number of ether oxygens (including phenoxy) is 1. The third kappa shape index (κ3) is 4.00. The minimum absolute atomic E-state index is 0.357. The molecule has 1 aromatic rings. The van der Waals surface area contributed by atoms with Gasteiger partial charge in [-0.3, -0.25) is 0 Å². The van der Waals surface area contributed by atoms with E-state index in [1.54, 1.807) is 0 Å². The largest absolute Gasteiger partial charge is 0.471 e. The lowest BCUT2D eigenvalue weighted by molar-refractivity contribution is -0.141. The Morgan fingerprint density at radius 2 is 2.00 bits per heavy atom. The molecule has 1 rings (SSSR count). The molecule has 0 aromatic carbocycles. The van der Waals surface area contributed by atoms with Crippen LogP contribution in [0.2, 0.25) is 0 Å². The van der Waals surface area contributed by atoms with Crippen molar-refractivity contribution >= 4 is 5.95 Å². The number of hydrogen-bond donors (Lipinski definition) is 1. The zero-order valence-electron chi connectivity index (χ0n) is 8.55. The van der Waals surface area contributed by atoms with E-state index >= 15 is 0 Å². The van der Waals surface area contributed by atoms with Crippen molar-refractivity contribution in [2.24, 2.45) is 0 Å². The third-order valence-electron chi connectivity index (χ3n) is 1.57. The predicted octanol–water partition coefficient (Wildman–Crippen LogP) is 2.18. The Labute approximate surface area is 92.8 Å². The van der Waals surface area contributed by atoms with Crippen LogP contribution in [-0.4, -0.2) is 30.0 Å². The molecule has 0 spiro atoms. The van der Waals surface area contributed by atoms with Crippen LogP contribution in [0.4, 0.5) is 27.9 Å². The number of hydrogen-bond acceptors (Lipinski definition) is 4. The Morgan fingerprint density at radius 3 is 2.47 bits per heavy atom. The molecule has 0 unspecified atom stereocenters. The molecule has 0 atom stereocenters. The highest BCUT2D eigenvalue weighted by molar-refractivity contribution is 5.31. The van der Waals surface area contributed by atoms with Gasteiger partial charge in [0.25, 0.3) is 6.43 Å². The van der Waals surface area contributed by atoms with Gasteiger partial charge in [0.15, 0.2) is 12.3 Å². The summed E-state index contributed by atoms with van der Waals surface area (Å²) in [4.78, 5) is 6.60. The van der Waals surface area contributed by atoms with Crippen LogP contribution in [0.25, 0.3) is 0 Å². The van der Waals surface area contributed by atoms with Gasteiger partial charge in [-0.2, -0.15) is 18.2 Å². The standard InChI is InChI=1S/C8H8F5N3O/c1-14-7-15-4(8(11,12)13)2-6(16-7)17-3-5(9)10/h2,5H,3H2,1H3,(H,14,15,16). The molecule has 1 aromatic heterocycles. The van der Waals surface area contributed by atoms with Crippen molar-refractivity contribution in [1.29, 1.82) is 0 Å². The smallest absolute Gasteiger partial charge is 0.433 e. The number of nitrogens with one attached hydrogen (secondary N) is 1. The maximum atomic E-state index is 12.4. The lowest BCUT2D eigenvalue weighted by Crippen LogP contribution is -2.13. The van der Waals surface area contributed by atoms with E-state index in [1.807, 2.05) is 0 Å². The first-order chi connectivity index (χ1) is 7.82. The van der Waals surface area contributed by atoms with Crippen LogP contribution in [-0.2, 0) is 6.18 Å². The SMILES string of the molecule is CNc1nc(OCC(F)F)cc(C(F)(F)F)n1. The number of aromatic nitrogens is 2. The molecule has 0 saturated carbocycles. The average molecular weight is 257 g/mol. The van der Waals surface area contributed by atoms with E-state index in [2.05, 4.69) is 20.0 Å². The molecule has 0 radical (unpaired) electrons. The van der Waals surface area contributed by atoms with Gasteiger partial charge in [0.1, 0.15) is 0 Å². The van der Waals surface area contributed by atoms with Gasteiger partial charge in [-0.25, -0.2) is 13.8 Å². The first-order valence-electron chi connectivity index (χ1n) is 4.38. The van der Waals surface area contributed by atoms with E-state index in [1.165, 1.54) is 7.05 Å². The highest BCUT2D eigenvalue weighted by Crippen LogP contribution is 2.30. The van der Waals surface area contributed by atoms with Crippen molar-refractivity contribution in [3.05, 3.63) is 11.8 Å². The molecule has 4 nitrogen and oxygen atoms in total. The highest BCUT2D eigenvalue weighted by atomic mass is 19.4. The molecule has 17 heavy (non-hydrogen) atoms. The van der Waals surface area contributed by atoms with Crippen molar-refractivity contribution in [1.82, 2.24) is 9.97 Å². The van der Waals surface area contributed by atoms with Gasteiger partial charge in [-0.1, -0.05) is 0 Å². The molecule has 0 aliphatic carbocycles. The van der Waals surface area contributed by atoms with Crippen LogP contribution in [0, 0.1) is 0 Å². The second kappa shape index (κ2) is 5.11. The molecule has 96 valence electrons. The van der Waals surface area contributed by atoms with E-state index in [0.29, 0.717) is 6.07 Å². The minimum atomic E-state index is -4.70. The van der Waals surface area contributed by atoms with Crippen molar-refractivity contribution in [3.8, 4) is 5.88 Å². The highest BCUT2D eigenvalue weighted by Gasteiger charge is 2.34. The number of rotatable bonds is 4. The van der Waals surface area contributed by atoms with Crippen LogP contribution < -0.4 is 10.1 Å². The van der Waals surface area contributed by atoms with Gasteiger partial charge < -0.3 is 10.1 Å². The van der Waals surface area contributed by atoms with Crippen LogP contribution in [0.15, 0.2) is 6.07 Å². The molecule has 1 N–H and O–H groups in total. The van der Waals surface area contributed by atoms with Crippen LogP contribution >= 0.6 is 0 Å². The predicted molar refractivity (Wildman–Crippen MR) is 48.1 cm³/mol. The average Bonchev–Trinajstić information content (AvgIpc) is 2.24. The Hall–Kier alpha value is -1.67. The van der Waals surface area contributed by atoms with Gasteiger partial charge in [-0.05, 0) is 0 Å². The minimum Gasteiger partial charge on any atom is -0.471 e. The molecular formula is C8H8F5N3O. The van der Waals surface area contributed by atoms with Crippen LogP contribution in [0.1, 0.15) is 5.69 Å². The van der Waals surface area contributed by atoms with Gasteiger partial charge in [0.05, 0.1) is 0 Å². The van der Waals surface area contributed by atoms with Crippen molar-refractivity contribution in [2.75, 3.05) is 19.0 Å². The van der Waals surface area contributed by atoms with Crippen LogP contribution in [0.3, 0.4) is 0 Å². The van der Waals surface area contributed by atoms with Gasteiger partial charge >= 0.3 is 6.18 Å². The summed E-state index contributed by atoms with van der Waals surface area (Å²) in [5, 5.41) is 2.28. The fraction of sp³-hybridized carbons (Fsp3) is 0.500. The summed E-state index contributed by atoms with van der Waals surface area (Å²) in [6.45, 7) is -1.03. The zero-order valence-corrected chi connectivity index (χ0v) is 8.55. The summed E-state index contributed by atoms with van der Waals surface area (Å²) in [6, 6.07) is 0.462. The van der Waals surface area contributed by atoms with Gasteiger partial charge in [0.2, 0.25) is 11.8 Å². The van der Waals surface area contributed by atoms with Crippen molar-refractivity contribution in [2.45, 2.75) is 12.6 Å². The number of halogens is 5. The fourth-order valence-electron chi connectivity index (χ4n) is 0.904. The molecule has 0 saturated heterocycles. The quantitative estimate of drug-likeness (QED) is 0.840. The lowest BCUT2D eigenvalue weighted by atomic mass is 10.4. The van der Waals surface area contributed by atoms with E-state index in [-0.39, 0.29) is 5.95 Å². The first kappa shape index (κ1) is 13.4. The fourth-order valence-corrected chi connectivity index (χ4v) is 0.904. The van der Waals surface area contributed by atoms with E-state index in [4.69, 9.17) is 0 Å². The summed E-state index contributed by atoms with van der Waals surface area (Å²) in [7, 11) is 1.30. The summed E-state index contributed by atoms with van der Waals surface area (Å²) in [6.07, 6.45) is -7.49. The maximum Gasteiger partial charge on any atom is 0.433 e. The summed E-state index contributed by atoms with van der Waals surface area (Å²) >= 11 is 0. The first-order valence-corrected chi connectivity index (χ1v) is 4.38. The zero-order chi connectivity index (χ0) is 13.1. The molecule has 0 fully saturated rings. The topological polar surface area (TPSA) is 47.0 Å². The molecule has 0 amide bonds. The van der Waals surface area contributed by atoms with E-state index in [0.717, 1.165) is 0 Å². The second-order valence-corrected chi connectivity index (χ2v) is 2.86. The normalized spacial score (nSPS) is 11.7. The number of alkyl halides is 5. The van der Waals surface area contributed by atoms with Crippen molar-refractivity contribution < 1.29 is 26.7 Å². The molecule has 1 heterocycles. The monoisotopic (exact) mass is 257 g/mol. The Morgan fingerprint density at radius 1 is 1.35 bits per heavy atom. The Bertz CT molecular complexity index is 382. The summed E-state index contributed by atoms with van der Waals surface area (Å²) in [5.74, 6) is -0.916. The summed E-state index contributed by atoms with van der Waals surface area (Å²) < 4.78 is 65.2. The lowest BCUT2D eigenvalue weighted by Gasteiger charge is -2.10. The van der Waals surface area contributed by atoms with E-state index < -0.39 is 30.8 Å². The Kier molecular flexibility index (Phi) is 4.02. The number of nitrogens with zero attached hydrogens (tertiary/aromatic N) is 2. The molecule has 9 heteroatoms. The third-order valence-corrected chi connectivity index (χ3v) is 1.57. The molecule has 0 aliphatic rings. The molecule has 0 bridgehead atoms. The van der Waals surface area contributed by atoms with Crippen LogP contribution in [0.5, 0.6) is 5.88 Å². The number of anilines is 1. The maximum absolute atomic E-state index is 12.4. The molecular weight excluding hydrogens is 249 g/mol. The van der Waals surface area contributed by atoms with Gasteiger partial charge in [-0.15, -0.1) is 0 Å².